The molecule has 0 radical (unpaired) electrons. The van der Waals surface area contributed by atoms with Crippen LogP contribution < -0.4 is 20.9 Å². The third-order valence-corrected chi connectivity index (χ3v) is 3.77. The number of carbonyl (C=O) groups excluding carboxylic acids is 2. The van der Waals surface area contributed by atoms with Gasteiger partial charge in [0.25, 0.3) is 5.91 Å². The highest BCUT2D eigenvalue weighted by Gasteiger charge is 2.15. The van der Waals surface area contributed by atoms with E-state index in [1.807, 2.05) is 0 Å². The summed E-state index contributed by atoms with van der Waals surface area (Å²) in [5.41, 5.74) is 11.2. The van der Waals surface area contributed by atoms with E-state index in [0.717, 1.165) is 0 Å². The molecule has 2 aromatic carbocycles. The lowest BCUT2D eigenvalue weighted by Crippen LogP contribution is -2.28. The van der Waals surface area contributed by atoms with Crippen molar-refractivity contribution in [1.82, 2.24) is 9.97 Å². The van der Waals surface area contributed by atoms with Crippen LogP contribution in [0, 0.1) is 5.82 Å². The fourth-order valence-electron chi connectivity index (χ4n) is 2.34. The Bertz CT molecular complexity index is 1010. The van der Waals surface area contributed by atoms with E-state index in [-0.39, 0.29) is 29.8 Å². The summed E-state index contributed by atoms with van der Waals surface area (Å²) in [6.45, 7) is -0.0514. The predicted molar refractivity (Wildman–Crippen MR) is 102 cm³/mol. The van der Waals surface area contributed by atoms with Gasteiger partial charge >= 0.3 is 0 Å². The first-order chi connectivity index (χ1) is 14.0. The summed E-state index contributed by atoms with van der Waals surface area (Å²) >= 11 is 0. The van der Waals surface area contributed by atoms with Gasteiger partial charge in [0.15, 0.2) is 18.2 Å². The molecule has 1 aromatic heterocycles. The van der Waals surface area contributed by atoms with Crippen molar-refractivity contribution < 1.29 is 23.5 Å². The quantitative estimate of drug-likeness (QED) is 0.557. The normalized spacial score (nSPS) is 11.5. The third kappa shape index (κ3) is 5.11. The molecule has 0 aliphatic rings. The SMILES string of the molecule is NC[C@@H](C=O)Oc1cc(C(N)=O)nc(-c2ccc(Oc3ccc(F)cc3)cc2)n1. The predicted octanol–water partition coefficient (Wildman–Crippen LogP) is 2.08. The zero-order chi connectivity index (χ0) is 20.8. The Balaban J connectivity index is 1.86. The Kier molecular flexibility index (Phi) is 6.10. The van der Waals surface area contributed by atoms with Crippen molar-refractivity contribution in [2.45, 2.75) is 6.10 Å². The minimum absolute atomic E-state index is 0.00186. The van der Waals surface area contributed by atoms with Crippen LogP contribution >= 0.6 is 0 Å². The topological polar surface area (TPSA) is 130 Å². The molecule has 3 aromatic rings. The van der Waals surface area contributed by atoms with Crippen molar-refractivity contribution >= 4 is 12.2 Å². The number of hydrogen-bond donors (Lipinski definition) is 2. The van der Waals surface area contributed by atoms with Gasteiger partial charge in [-0.15, -0.1) is 0 Å². The molecule has 0 spiro atoms. The average molecular weight is 396 g/mol. The lowest BCUT2D eigenvalue weighted by Gasteiger charge is -2.12. The Hall–Kier alpha value is -3.85. The molecule has 0 saturated carbocycles. The van der Waals surface area contributed by atoms with Gasteiger partial charge in [0.1, 0.15) is 23.0 Å². The second-order valence-corrected chi connectivity index (χ2v) is 5.89. The molecule has 1 atom stereocenters. The number of nitrogens with zero attached hydrogens (tertiary/aromatic N) is 2. The molecule has 0 aliphatic heterocycles. The van der Waals surface area contributed by atoms with Gasteiger partial charge < -0.3 is 20.9 Å². The van der Waals surface area contributed by atoms with Crippen molar-refractivity contribution in [1.29, 1.82) is 0 Å². The van der Waals surface area contributed by atoms with Gasteiger partial charge in [-0.05, 0) is 48.5 Å². The van der Waals surface area contributed by atoms with Crippen LogP contribution in [0.2, 0.25) is 0 Å². The van der Waals surface area contributed by atoms with Crippen LogP contribution in [0.4, 0.5) is 4.39 Å². The summed E-state index contributed by atoms with van der Waals surface area (Å²) < 4.78 is 24.0. The second-order valence-electron chi connectivity index (χ2n) is 5.89. The molecule has 0 aliphatic carbocycles. The molecule has 0 unspecified atom stereocenters. The Morgan fingerprint density at radius 2 is 1.69 bits per heavy atom. The molecular weight excluding hydrogens is 379 g/mol. The van der Waals surface area contributed by atoms with E-state index in [4.69, 9.17) is 20.9 Å². The summed E-state index contributed by atoms with van der Waals surface area (Å²) in [5.74, 6) is 0.0219. The summed E-state index contributed by atoms with van der Waals surface area (Å²) in [5, 5.41) is 0. The van der Waals surface area contributed by atoms with E-state index >= 15 is 0 Å². The Morgan fingerprint density at radius 1 is 1.07 bits per heavy atom. The largest absolute Gasteiger partial charge is 0.465 e. The monoisotopic (exact) mass is 396 g/mol. The fourth-order valence-corrected chi connectivity index (χ4v) is 2.34. The van der Waals surface area contributed by atoms with Gasteiger partial charge in [0, 0.05) is 18.2 Å². The minimum atomic E-state index is -0.912. The van der Waals surface area contributed by atoms with Crippen LogP contribution in [0.15, 0.2) is 54.6 Å². The van der Waals surface area contributed by atoms with Crippen molar-refractivity contribution in [2.75, 3.05) is 6.54 Å². The molecule has 9 heteroatoms. The molecule has 29 heavy (non-hydrogen) atoms. The summed E-state index contributed by atoms with van der Waals surface area (Å²) in [4.78, 5) is 30.8. The van der Waals surface area contributed by atoms with Crippen LogP contribution in [0.1, 0.15) is 10.5 Å². The molecule has 8 nitrogen and oxygen atoms in total. The average Bonchev–Trinajstić information content (AvgIpc) is 2.74. The van der Waals surface area contributed by atoms with E-state index in [1.54, 1.807) is 24.3 Å². The van der Waals surface area contributed by atoms with E-state index in [2.05, 4.69) is 9.97 Å². The van der Waals surface area contributed by atoms with Crippen LogP contribution in [-0.4, -0.2) is 34.8 Å². The molecule has 1 heterocycles. The summed E-state index contributed by atoms with van der Waals surface area (Å²) in [6.07, 6.45) is -0.377. The fraction of sp³-hybridized carbons (Fsp3) is 0.100. The van der Waals surface area contributed by atoms with Crippen molar-refractivity contribution in [3.63, 3.8) is 0 Å². The number of amides is 1. The van der Waals surface area contributed by atoms with Gasteiger partial charge in [-0.25, -0.2) is 9.37 Å². The van der Waals surface area contributed by atoms with Gasteiger partial charge in [-0.2, -0.15) is 4.98 Å². The number of ether oxygens (including phenoxy) is 2. The third-order valence-electron chi connectivity index (χ3n) is 3.77. The number of carbonyl (C=O) groups is 2. The second kappa shape index (κ2) is 8.89. The zero-order valence-corrected chi connectivity index (χ0v) is 15.1. The number of aromatic nitrogens is 2. The van der Waals surface area contributed by atoms with Crippen LogP contribution in [0.3, 0.4) is 0 Å². The lowest BCUT2D eigenvalue weighted by molar-refractivity contribution is -0.113. The van der Waals surface area contributed by atoms with Crippen LogP contribution in [-0.2, 0) is 4.79 Å². The zero-order valence-electron chi connectivity index (χ0n) is 15.1. The van der Waals surface area contributed by atoms with Crippen LogP contribution in [0.5, 0.6) is 17.4 Å². The number of rotatable bonds is 8. The molecule has 0 bridgehead atoms. The number of primary amides is 1. The van der Waals surface area contributed by atoms with E-state index in [1.165, 1.54) is 30.3 Å². The highest BCUT2D eigenvalue weighted by atomic mass is 19.1. The highest BCUT2D eigenvalue weighted by molar-refractivity contribution is 5.91. The van der Waals surface area contributed by atoms with Crippen molar-refractivity contribution in [2.24, 2.45) is 11.5 Å². The maximum absolute atomic E-state index is 13.0. The Labute approximate surface area is 165 Å². The maximum atomic E-state index is 13.0. The first kappa shape index (κ1) is 19.9. The van der Waals surface area contributed by atoms with Gasteiger partial charge in [-0.1, -0.05) is 0 Å². The lowest BCUT2D eigenvalue weighted by atomic mass is 10.2. The number of benzene rings is 2. The molecular formula is C20H17FN4O4. The standard InChI is InChI=1S/C20H17FN4O4/c21-13-3-7-15(8-4-13)28-14-5-1-12(2-6-14)20-24-17(19(23)27)9-18(25-20)29-16(10-22)11-26/h1-9,11,16H,10,22H2,(H2,23,27)/t16-/m0/s1. The molecule has 0 fully saturated rings. The van der Waals surface area contributed by atoms with E-state index in [9.17, 15) is 14.0 Å². The van der Waals surface area contributed by atoms with Crippen molar-refractivity contribution in [3.8, 4) is 28.8 Å². The molecule has 3 rings (SSSR count). The van der Waals surface area contributed by atoms with Gasteiger partial charge in [0.05, 0.1) is 0 Å². The van der Waals surface area contributed by atoms with Crippen molar-refractivity contribution in [3.05, 3.63) is 66.1 Å². The van der Waals surface area contributed by atoms with Gasteiger partial charge in [-0.3, -0.25) is 9.59 Å². The number of nitrogens with two attached hydrogens (primary N) is 2. The summed E-state index contributed by atoms with van der Waals surface area (Å²) in [7, 11) is 0. The molecule has 0 saturated heterocycles. The van der Waals surface area contributed by atoms with Crippen LogP contribution in [0.25, 0.3) is 11.4 Å². The smallest absolute Gasteiger partial charge is 0.267 e. The molecule has 1 amide bonds. The minimum Gasteiger partial charge on any atom is -0.465 e. The number of aldehydes is 1. The highest BCUT2D eigenvalue weighted by Crippen LogP contribution is 2.26. The van der Waals surface area contributed by atoms with Gasteiger partial charge in [0.2, 0.25) is 5.88 Å². The molecule has 148 valence electrons. The number of hydrogen-bond acceptors (Lipinski definition) is 7. The Morgan fingerprint density at radius 3 is 2.24 bits per heavy atom. The summed E-state index contributed by atoms with van der Waals surface area (Å²) in [6, 6.07) is 13.5. The van der Waals surface area contributed by atoms with E-state index in [0.29, 0.717) is 23.3 Å². The maximum Gasteiger partial charge on any atom is 0.267 e. The first-order valence-corrected chi connectivity index (χ1v) is 8.53. The number of halogens is 1. The first-order valence-electron chi connectivity index (χ1n) is 8.53. The molecule has 4 N–H and O–H groups in total. The van der Waals surface area contributed by atoms with E-state index < -0.39 is 12.0 Å².